The summed E-state index contributed by atoms with van der Waals surface area (Å²) >= 11 is 1.76. The molecule has 0 aromatic heterocycles. The van der Waals surface area contributed by atoms with Gasteiger partial charge in [0.1, 0.15) is 5.75 Å². The second-order valence-corrected chi connectivity index (χ2v) is 4.53. The Kier molecular flexibility index (Phi) is 4.99. The molecule has 0 saturated carbocycles. The monoisotopic (exact) mass is 226 g/mol. The highest BCUT2D eigenvalue weighted by Gasteiger charge is 2.13. The van der Waals surface area contributed by atoms with Crippen LogP contribution >= 0.6 is 11.8 Å². The minimum absolute atomic E-state index is 0.486. The first kappa shape index (κ1) is 12.4. The van der Waals surface area contributed by atoms with E-state index in [-0.39, 0.29) is 0 Å². The molecule has 1 aromatic carbocycles. The van der Waals surface area contributed by atoms with E-state index in [1.54, 1.807) is 25.8 Å². The lowest BCUT2D eigenvalue weighted by Gasteiger charge is -2.15. The third-order valence-corrected chi connectivity index (χ3v) is 3.40. The van der Waals surface area contributed by atoms with Gasteiger partial charge in [0.05, 0.1) is 13.2 Å². The van der Waals surface area contributed by atoms with Gasteiger partial charge >= 0.3 is 0 Å². The Morgan fingerprint density at radius 3 is 2.73 bits per heavy atom. The topological polar surface area (TPSA) is 29.5 Å². The number of hydrogen-bond acceptors (Lipinski definition) is 3. The van der Waals surface area contributed by atoms with Crippen LogP contribution < -0.4 is 4.74 Å². The maximum Gasteiger partial charge on any atom is 0.125 e. The quantitative estimate of drug-likeness (QED) is 0.781. The minimum Gasteiger partial charge on any atom is -0.496 e. The molecule has 1 N–H and O–H groups in total. The molecule has 0 spiro atoms. The van der Waals surface area contributed by atoms with Crippen molar-refractivity contribution in [2.75, 3.05) is 12.9 Å². The summed E-state index contributed by atoms with van der Waals surface area (Å²) in [5.41, 5.74) is 0.901. The van der Waals surface area contributed by atoms with Crippen molar-refractivity contribution in [2.45, 2.75) is 31.3 Å². The zero-order valence-corrected chi connectivity index (χ0v) is 10.3. The summed E-state index contributed by atoms with van der Waals surface area (Å²) in [6.07, 6.45) is 0.640. The number of aliphatic hydroxyl groups excluding tert-OH is 1. The van der Waals surface area contributed by atoms with Gasteiger partial charge in [-0.25, -0.2) is 0 Å². The fraction of sp³-hybridized carbons (Fsp3) is 0.500. The number of aliphatic hydroxyl groups is 1. The van der Waals surface area contributed by atoms with Crippen LogP contribution in [0.1, 0.15) is 31.9 Å². The minimum atomic E-state index is -0.486. The molecule has 1 unspecified atom stereocenters. The fourth-order valence-electron chi connectivity index (χ4n) is 1.45. The molecule has 3 heteroatoms. The van der Waals surface area contributed by atoms with Crippen LogP contribution in [-0.4, -0.2) is 18.0 Å². The molecule has 0 fully saturated rings. The second kappa shape index (κ2) is 6.03. The average Bonchev–Trinajstić information content (AvgIpc) is 2.25. The van der Waals surface area contributed by atoms with Crippen molar-refractivity contribution in [3.8, 4) is 5.75 Å². The summed E-state index contributed by atoms with van der Waals surface area (Å²) in [7, 11) is 1.63. The first-order valence-corrected chi connectivity index (χ1v) is 6.17. The van der Waals surface area contributed by atoms with Crippen molar-refractivity contribution in [1.29, 1.82) is 0 Å². The summed E-state index contributed by atoms with van der Waals surface area (Å²) in [6.45, 7) is 3.92. The first-order valence-electron chi connectivity index (χ1n) is 5.18. The van der Waals surface area contributed by atoms with E-state index in [0.29, 0.717) is 0 Å². The number of hydrogen-bond donors (Lipinski definition) is 1. The maximum atomic E-state index is 9.72. The summed E-state index contributed by atoms with van der Waals surface area (Å²) in [6, 6.07) is 5.88. The lowest BCUT2D eigenvalue weighted by atomic mass is 10.1. The summed E-state index contributed by atoms with van der Waals surface area (Å²) in [5, 5.41) is 9.72. The normalized spacial score (nSPS) is 12.5. The lowest BCUT2D eigenvalue weighted by Crippen LogP contribution is -1.99. The van der Waals surface area contributed by atoms with Crippen molar-refractivity contribution >= 4 is 11.8 Å². The van der Waals surface area contributed by atoms with Crippen LogP contribution in [0.2, 0.25) is 0 Å². The molecule has 1 aromatic rings. The molecule has 0 aliphatic heterocycles. The van der Waals surface area contributed by atoms with Crippen molar-refractivity contribution in [2.24, 2.45) is 0 Å². The molecule has 0 heterocycles. The summed E-state index contributed by atoms with van der Waals surface area (Å²) in [4.78, 5) is 1.12. The summed E-state index contributed by atoms with van der Waals surface area (Å²) < 4.78 is 5.25. The van der Waals surface area contributed by atoms with E-state index in [0.717, 1.165) is 28.4 Å². The van der Waals surface area contributed by atoms with Crippen molar-refractivity contribution in [1.82, 2.24) is 0 Å². The van der Waals surface area contributed by atoms with E-state index in [4.69, 9.17) is 4.74 Å². The highest BCUT2D eigenvalue weighted by Crippen LogP contribution is 2.34. The van der Waals surface area contributed by atoms with Crippen LogP contribution in [-0.2, 0) is 0 Å². The maximum absolute atomic E-state index is 9.72. The van der Waals surface area contributed by atoms with Crippen LogP contribution in [0.4, 0.5) is 0 Å². The van der Waals surface area contributed by atoms with Gasteiger partial charge < -0.3 is 9.84 Å². The molecular formula is C12H18O2S. The van der Waals surface area contributed by atoms with Gasteiger partial charge in [-0.05, 0) is 31.2 Å². The summed E-state index contributed by atoms with van der Waals surface area (Å²) in [5.74, 6) is 1.83. The molecule has 0 bridgehead atoms. The van der Waals surface area contributed by atoms with Gasteiger partial charge in [-0.1, -0.05) is 13.0 Å². The van der Waals surface area contributed by atoms with E-state index in [9.17, 15) is 5.11 Å². The Labute approximate surface area is 95.7 Å². The van der Waals surface area contributed by atoms with E-state index >= 15 is 0 Å². The molecule has 15 heavy (non-hydrogen) atoms. The molecular weight excluding hydrogens is 208 g/mol. The predicted octanol–water partition coefficient (Wildman–Crippen LogP) is 3.25. The molecule has 0 aliphatic rings. The van der Waals surface area contributed by atoms with Gasteiger partial charge in [0.25, 0.3) is 0 Å². The number of ether oxygens (including phenoxy) is 1. The van der Waals surface area contributed by atoms with Gasteiger partial charge in [0, 0.05) is 10.5 Å². The lowest BCUT2D eigenvalue weighted by molar-refractivity contribution is 0.191. The molecule has 0 saturated heterocycles. The van der Waals surface area contributed by atoms with Crippen molar-refractivity contribution in [3.05, 3.63) is 23.8 Å². The van der Waals surface area contributed by atoms with Crippen molar-refractivity contribution in [3.63, 3.8) is 0 Å². The van der Waals surface area contributed by atoms with Crippen LogP contribution in [0.25, 0.3) is 0 Å². The molecule has 0 radical (unpaired) electrons. The molecule has 0 aliphatic carbocycles. The Bertz CT molecular complexity index is 310. The number of methoxy groups -OCH3 is 1. The van der Waals surface area contributed by atoms with E-state index < -0.39 is 6.10 Å². The van der Waals surface area contributed by atoms with Crippen LogP contribution in [0.5, 0.6) is 5.75 Å². The first-order chi connectivity index (χ1) is 7.20. The number of thioether (sulfide) groups is 1. The van der Waals surface area contributed by atoms with Gasteiger partial charge in [0.15, 0.2) is 0 Å². The Morgan fingerprint density at radius 1 is 1.47 bits per heavy atom. The van der Waals surface area contributed by atoms with Crippen LogP contribution in [0.3, 0.4) is 0 Å². The van der Waals surface area contributed by atoms with E-state index in [1.807, 2.05) is 18.2 Å². The zero-order chi connectivity index (χ0) is 11.3. The number of rotatable bonds is 5. The largest absolute Gasteiger partial charge is 0.496 e. The van der Waals surface area contributed by atoms with Gasteiger partial charge in [0.2, 0.25) is 0 Å². The zero-order valence-electron chi connectivity index (χ0n) is 9.49. The fourth-order valence-corrected chi connectivity index (χ4v) is 2.48. The third kappa shape index (κ3) is 3.14. The Morgan fingerprint density at radius 2 is 2.20 bits per heavy atom. The Balaban J connectivity index is 3.02. The molecule has 0 amide bonds. The SMILES string of the molecule is CCCSc1cccc(OC)c1C(C)O. The Hall–Kier alpha value is -0.670. The van der Waals surface area contributed by atoms with Crippen molar-refractivity contribution < 1.29 is 9.84 Å². The highest BCUT2D eigenvalue weighted by molar-refractivity contribution is 7.99. The number of benzene rings is 1. The second-order valence-electron chi connectivity index (χ2n) is 3.40. The van der Waals surface area contributed by atoms with Gasteiger partial charge in [-0.2, -0.15) is 0 Å². The molecule has 1 atom stereocenters. The highest BCUT2D eigenvalue weighted by atomic mass is 32.2. The molecule has 2 nitrogen and oxygen atoms in total. The predicted molar refractivity (Wildman–Crippen MR) is 64.6 cm³/mol. The van der Waals surface area contributed by atoms with E-state index in [1.165, 1.54) is 0 Å². The van der Waals surface area contributed by atoms with E-state index in [2.05, 4.69) is 6.92 Å². The van der Waals surface area contributed by atoms with Gasteiger partial charge in [-0.3, -0.25) is 0 Å². The average molecular weight is 226 g/mol. The van der Waals surface area contributed by atoms with Gasteiger partial charge in [-0.15, -0.1) is 11.8 Å². The smallest absolute Gasteiger partial charge is 0.125 e. The molecule has 1 rings (SSSR count). The van der Waals surface area contributed by atoms with Crippen LogP contribution in [0, 0.1) is 0 Å². The standard InChI is InChI=1S/C12H18O2S/c1-4-8-15-11-7-5-6-10(14-3)12(11)9(2)13/h5-7,9,13H,4,8H2,1-3H3. The van der Waals surface area contributed by atoms with Crippen LogP contribution in [0.15, 0.2) is 23.1 Å². The molecule has 84 valence electrons. The third-order valence-electron chi connectivity index (χ3n) is 2.13.